The van der Waals surface area contributed by atoms with Crippen LogP contribution < -0.4 is 14.2 Å². The van der Waals surface area contributed by atoms with Gasteiger partial charge >= 0.3 is 0 Å². The van der Waals surface area contributed by atoms with Gasteiger partial charge in [0.1, 0.15) is 11.6 Å². The van der Waals surface area contributed by atoms with Gasteiger partial charge in [-0.1, -0.05) is 0 Å². The third kappa shape index (κ3) is 3.58. The molecule has 0 aliphatic heterocycles. The van der Waals surface area contributed by atoms with Crippen LogP contribution in [-0.2, 0) is 19.4 Å². The van der Waals surface area contributed by atoms with E-state index in [0.29, 0.717) is 34.7 Å². The normalized spacial score (nSPS) is 16.0. The molecule has 0 bridgehead atoms. The second-order valence-electron chi connectivity index (χ2n) is 7.74. The van der Waals surface area contributed by atoms with E-state index in [1.807, 2.05) is 12.1 Å². The molecule has 0 amide bonds. The number of hydrogen-bond donors (Lipinski definition) is 1. The van der Waals surface area contributed by atoms with Crippen LogP contribution in [-0.4, -0.2) is 44.3 Å². The lowest BCUT2D eigenvalue weighted by Gasteiger charge is -2.31. The quantitative estimate of drug-likeness (QED) is 0.645. The van der Waals surface area contributed by atoms with E-state index in [-0.39, 0.29) is 6.04 Å². The number of halogens is 2. The average molecular weight is 416 g/mol. The number of rotatable bonds is 6. The van der Waals surface area contributed by atoms with Gasteiger partial charge in [0.15, 0.2) is 11.5 Å². The lowest BCUT2D eigenvalue weighted by molar-refractivity contribution is 0.213. The Bertz CT molecular complexity index is 1050. The molecule has 1 N–H and O–H groups in total. The molecule has 0 saturated carbocycles. The van der Waals surface area contributed by atoms with Crippen molar-refractivity contribution >= 4 is 10.9 Å². The van der Waals surface area contributed by atoms with Crippen molar-refractivity contribution in [3.05, 3.63) is 52.7 Å². The summed E-state index contributed by atoms with van der Waals surface area (Å²) in [6.45, 7) is 0.682. The second kappa shape index (κ2) is 8.14. The number of aromatic nitrogens is 1. The molecule has 4 rings (SSSR count). The maximum Gasteiger partial charge on any atom is 0.203 e. The van der Waals surface area contributed by atoms with Crippen molar-refractivity contribution in [1.29, 1.82) is 0 Å². The highest BCUT2D eigenvalue weighted by atomic mass is 19.1. The van der Waals surface area contributed by atoms with E-state index in [2.05, 4.69) is 16.9 Å². The van der Waals surface area contributed by atoms with Gasteiger partial charge in [-0.15, -0.1) is 0 Å². The molecule has 1 atom stereocenters. The maximum absolute atomic E-state index is 14.2. The molecule has 0 radical (unpaired) electrons. The van der Waals surface area contributed by atoms with E-state index >= 15 is 0 Å². The van der Waals surface area contributed by atoms with Crippen LogP contribution in [0, 0.1) is 11.6 Å². The highest BCUT2D eigenvalue weighted by Crippen LogP contribution is 2.39. The first-order chi connectivity index (χ1) is 14.4. The van der Waals surface area contributed by atoms with Gasteiger partial charge in [-0.3, -0.25) is 4.90 Å². The molecule has 5 nitrogen and oxygen atoms in total. The average Bonchev–Trinajstić information content (AvgIpc) is 3.11. The van der Waals surface area contributed by atoms with Crippen molar-refractivity contribution in [2.75, 3.05) is 28.4 Å². The third-order valence-electron chi connectivity index (χ3n) is 5.97. The van der Waals surface area contributed by atoms with E-state index in [0.717, 1.165) is 42.1 Å². The smallest absolute Gasteiger partial charge is 0.203 e. The zero-order chi connectivity index (χ0) is 21.4. The van der Waals surface area contributed by atoms with Crippen LogP contribution in [0.15, 0.2) is 24.3 Å². The van der Waals surface area contributed by atoms with E-state index in [1.54, 1.807) is 21.3 Å². The molecular formula is C23H26F2N2O3. The van der Waals surface area contributed by atoms with E-state index in [1.165, 1.54) is 6.07 Å². The number of methoxy groups -OCH3 is 3. The van der Waals surface area contributed by atoms with Crippen LogP contribution in [0.1, 0.15) is 23.2 Å². The van der Waals surface area contributed by atoms with Gasteiger partial charge in [0, 0.05) is 29.7 Å². The third-order valence-corrected chi connectivity index (χ3v) is 5.97. The molecule has 7 heteroatoms. The molecule has 30 heavy (non-hydrogen) atoms. The molecule has 1 unspecified atom stereocenters. The number of likely N-dealkylation sites (N-methyl/N-ethyl adjacent to an activating group) is 1. The van der Waals surface area contributed by atoms with Crippen LogP contribution in [0.2, 0.25) is 0 Å². The Balaban J connectivity index is 1.58. The van der Waals surface area contributed by atoms with Crippen molar-refractivity contribution in [2.45, 2.75) is 31.8 Å². The monoisotopic (exact) mass is 416 g/mol. The lowest BCUT2D eigenvalue weighted by atomic mass is 9.90. The summed E-state index contributed by atoms with van der Waals surface area (Å²) in [5.74, 6) is 0.718. The number of aryl methyl sites for hydroxylation is 1. The Morgan fingerprint density at radius 2 is 1.73 bits per heavy atom. The van der Waals surface area contributed by atoms with Crippen LogP contribution in [0.3, 0.4) is 0 Å². The lowest BCUT2D eigenvalue weighted by Crippen LogP contribution is -2.35. The summed E-state index contributed by atoms with van der Waals surface area (Å²) in [7, 11) is 6.85. The largest absolute Gasteiger partial charge is 0.493 e. The van der Waals surface area contributed by atoms with Gasteiger partial charge in [0.2, 0.25) is 5.75 Å². The molecule has 1 aromatic heterocycles. The SMILES string of the molecule is COc1cc(CN(C)C2CCc3[nH]c4c(F)cc(F)cc4c3C2)cc(OC)c1OC. The molecule has 1 aliphatic carbocycles. The Kier molecular flexibility index (Phi) is 5.56. The molecule has 3 aromatic rings. The van der Waals surface area contributed by atoms with Gasteiger partial charge in [0.25, 0.3) is 0 Å². The zero-order valence-corrected chi connectivity index (χ0v) is 17.6. The molecule has 0 fully saturated rings. The van der Waals surface area contributed by atoms with Crippen LogP contribution >= 0.6 is 0 Å². The zero-order valence-electron chi connectivity index (χ0n) is 17.6. The summed E-state index contributed by atoms with van der Waals surface area (Å²) in [4.78, 5) is 5.42. The minimum Gasteiger partial charge on any atom is -0.493 e. The Morgan fingerprint density at radius 1 is 1.03 bits per heavy atom. The Hall–Kier alpha value is -2.80. The Morgan fingerprint density at radius 3 is 2.37 bits per heavy atom. The predicted molar refractivity (Wildman–Crippen MR) is 112 cm³/mol. The van der Waals surface area contributed by atoms with Gasteiger partial charge < -0.3 is 19.2 Å². The first-order valence-electron chi connectivity index (χ1n) is 9.92. The minimum absolute atomic E-state index is 0.252. The second-order valence-corrected chi connectivity index (χ2v) is 7.74. The molecule has 2 aromatic carbocycles. The molecule has 160 valence electrons. The number of benzene rings is 2. The fraction of sp³-hybridized carbons (Fsp3) is 0.391. The topological polar surface area (TPSA) is 46.7 Å². The van der Waals surface area contributed by atoms with E-state index in [4.69, 9.17) is 14.2 Å². The van der Waals surface area contributed by atoms with Crippen LogP contribution in [0.25, 0.3) is 10.9 Å². The van der Waals surface area contributed by atoms with Crippen LogP contribution in [0.5, 0.6) is 17.2 Å². The number of hydrogen-bond acceptors (Lipinski definition) is 4. The van der Waals surface area contributed by atoms with Crippen molar-refractivity contribution < 1.29 is 23.0 Å². The summed E-state index contributed by atoms with van der Waals surface area (Å²) >= 11 is 0. The first kappa shape index (κ1) is 20.5. The number of aromatic amines is 1. The summed E-state index contributed by atoms with van der Waals surface area (Å²) < 4.78 is 44.3. The number of nitrogens with zero attached hydrogens (tertiary/aromatic N) is 1. The van der Waals surface area contributed by atoms with Crippen LogP contribution in [0.4, 0.5) is 8.78 Å². The van der Waals surface area contributed by atoms with Gasteiger partial charge in [-0.2, -0.15) is 0 Å². The van der Waals surface area contributed by atoms with Gasteiger partial charge in [-0.25, -0.2) is 8.78 Å². The summed E-state index contributed by atoms with van der Waals surface area (Å²) in [5, 5.41) is 0.647. The molecule has 1 aliphatic rings. The molecular weight excluding hydrogens is 390 g/mol. The molecule has 0 spiro atoms. The van der Waals surface area contributed by atoms with Crippen molar-refractivity contribution in [1.82, 2.24) is 9.88 Å². The predicted octanol–water partition coefficient (Wildman–Crippen LogP) is 4.46. The number of ether oxygens (including phenoxy) is 3. The fourth-order valence-electron chi connectivity index (χ4n) is 4.44. The standard InChI is InChI=1S/C23H26F2N2O3/c1-27(12-13-7-20(28-2)23(30-4)21(8-13)29-3)15-5-6-19-16(11-15)17-9-14(24)10-18(25)22(17)26-19/h7-10,15,26H,5-6,11-12H2,1-4H3. The number of nitrogens with one attached hydrogen (secondary N) is 1. The summed E-state index contributed by atoms with van der Waals surface area (Å²) in [5.41, 5.74) is 3.45. The van der Waals surface area contributed by atoms with Crippen molar-refractivity contribution in [3.63, 3.8) is 0 Å². The first-order valence-corrected chi connectivity index (χ1v) is 9.92. The van der Waals surface area contributed by atoms with Crippen molar-refractivity contribution in [2.24, 2.45) is 0 Å². The minimum atomic E-state index is -0.547. The summed E-state index contributed by atoms with van der Waals surface area (Å²) in [6, 6.07) is 6.50. The highest BCUT2D eigenvalue weighted by molar-refractivity contribution is 5.85. The van der Waals surface area contributed by atoms with Gasteiger partial charge in [-0.05, 0) is 55.6 Å². The fourth-order valence-corrected chi connectivity index (χ4v) is 4.44. The van der Waals surface area contributed by atoms with E-state index in [9.17, 15) is 8.78 Å². The summed E-state index contributed by atoms with van der Waals surface area (Å²) in [6.07, 6.45) is 2.47. The number of fused-ring (bicyclic) bond motifs is 3. The molecule has 0 saturated heterocycles. The Labute approximate surface area is 174 Å². The maximum atomic E-state index is 14.2. The van der Waals surface area contributed by atoms with Crippen molar-refractivity contribution in [3.8, 4) is 17.2 Å². The van der Waals surface area contributed by atoms with Gasteiger partial charge in [0.05, 0.1) is 26.8 Å². The number of H-pyrrole nitrogens is 1. The highest BCUT2D eigenvalue weighted by Gasteiger charge is 2.27. The van der Waals surface area contributed by atoms with E-state index < -0.39 is 11.6 Å². The molecule has 1 heterocycles.